The zero-order valence-electron chi connectivity index (χ0n) is 12.8. The molecule has 0 heterocycles. The third-order valence-electron chi connectivity index (χ3n) is 3.26. The van der Waals surface area contributed by atoms with Crippen molar-refractivity contribution in [1.82, 2.24) is 10.0 Å². The van der Waals surface area contributed by atoms with Gasteiger partial charge in [-0.15, -0.1) is 0 Å². The van der Waals surface area contributed by atoms with Crippen molar-refractivity contribution in [2.24, 2.45) is 0 Å². The lowest BCUT2D eigenvalue weighted by atomic mass is 10.2. The van der Waals surface area contributed by atoms with Gasteiger partial charge in [-0.05, 0) is 42.8 Å². The lowest BCUT2D eigenvalue weighted by Crippen LogP contribution is -2.44. The minimum Gasteiger partial charge on any atom is -0.351 e. The van der Waals surface area contributed by atoms with E-state index in [9.17, 15) is 13.2 Å². The first kappa shape index (κ1) is 18.9. The van der Waals surface area contributed by atoms with Gasteiger partial charge in [0.2, 0.25) is 15.9 Å². The van der Waals surface area contributed by atoms with Crippen LogP contribution in [0.3, 0.4) is 0 Å². The average Bonchev–Trinajstić information content (AvgIpc) is 2.53. The molecule has 2 rings (SSSR count). The van der Waals surface area contributed by atoms with Gasteiger partial charge in [0.1, 0.15) is 0 Å². The Kier molecular flexibility index (Phi) is 6.40. The van der Waals surface area contributed by atoms with Crippen LogP contribution >= 0.6 is 27.5 Å². The predicted molar refractivity (Wildman–Crippen MR) is 97.2 cm³/mol. The second-order valence-corrected chi connectivity index (χ2v) is 8.14. The molecule has 0 spiro atoms. The highest BCUT2D eigenvalue weighted by Crippen LogP contribution is 2.16. The number of rotatable bonds is 6. The minimum absolute atomic E-state index is 0.0939. The summed E-state index contributed by atoms with van der Waals surface area (Å²) in [5.74, 6) is -0.435. The van der Waals surface area contributed by atoms with Gasteiger partial charge in [-0.25, -0.2) is 8.42 Å². The summed E-state index contributed by atoms with van der Waals surface area (Å²) in [7, 11) is -3.77. The van der Waals surface area contributed by atoms with Crippen LogP contribution in [0.5, 0.6) is 0 Å². The summed E-state index contributed by atoms with van der Waals surface area (Å²) >= 11 is 9.26. The van der Waals surface area contributed by atoms with Crippen molar-refractivity contribution in [3.05, 3.63) is 63.6 Å². The molecule has 0 aliphatic carbocycles. The fraction of sp³-hybridized carbons (Fsp3) is 0.188. The van der Waals surface area contributed by atoms with Crippen LogP contribution in [-0.2, 0) is 21.4 Å². The fourth-order valence-electron chi connectivity index (χ4n) is 1.95. The molecule has 0 aliphatic rings. The van der Waals surface area contributed by atoms with E-state index >= 15 is 0 Å². The van der Waals surface area contributed by atoms with Crippen LogP contribution in [0.2, 0.25) is 5.02 Å². The Morgan fingerprint density at radius 2 is 1.79 bits per heavy atom. The van der Waals surface area contributed by atoms with Crippen molar-refractivity contribution < 1.29 is 13.2 Å². The van der Waals surface area contributed by atoms with Crippen LogP contribution in [0, 0.1) is 0 Å². The first-order valence-corrected chi connectivity index (χ1v) is 9.74. The van der Waals surface area contributed by atoms with E-state index in [4.69, 9.17) is 11.6 Å². The van der Waals surface area contributed by atoms with E-state index in [0.29, 0.717) is 5.02 Å². The van der Waals surface area contributed by atoms with Gasteiger partial charge in [-0.2, -0.15) is 4.72 Å². The van der Waals surface area contributed by atoms with Crippen LogP contribution in [0.15, 0.2) is 57.9 Å². The van der Waals surface area contributed by atoms with E-state index in [2.05, 4.69) is 26.0 Å². The number of carbonyl (C=O) groups excluding carboxylic acids is 1. The van der Waals surface area contributed by atoms with E-state index in [1.807, 2.05) is 6.07 Å². The summed E-state index contributed by atoms with van der Waals surface area (Å²) < 4.78 is 27.6. The van der Waals surface area contributed by atoms with Crippen LogP contribution in [-0.4, -0.2) is 20.4 Å². The number of carbonyl (C=O) groups is 1. The molecular weight excluding hydrogens is 416 g/mol. The number of sulfonamides is 1. The van der Waals surface area contributed by atoms with Gasteiger partial charge in [-0.1, -0.05) is 45.7 Å². The maximum absolute atomic E-state index is 12.3. The molecule has 0 bridgehead atoms. The van der Waals surface area contributed by atoms with Gasteiger partial charge < -0.3 is 5.32 Å². The van der Waals surface area contributed by atoms with Gasteiger partial charge in [0.15, 0.2) is 0 Å². The Labute approximate surface area is 154 Å². The van der Waals surface area contributed by atoms with E-state index in [1.165, 1.54) is 19.1 Å². The molecule has 0 aromatic heterocycles. The number of nitrogens with one attached hydrogen (secondary N) is 2. The minimum atomic E-state index is -3.77. The first-order valence-electron chi connectivity index (χ1n) is 7.08. The molecule has 2 N–H and O–H groups in total. The Hall–Kier alpha value is -1.41. The lowest BCUT2D eigenvalue weighted by molar-refractivity contribution is -0.122. The summed E-state index contributed by atoms with van der Waals surface area (Å²) in [6.45, 7) is 1.71. The third kappa shape index (κ3) is 5.04. The molecule has 1 atom stereocenters. The summed E-state index contributed by atoms with van der Waals surface area (Å²) in [5.41, 5.74) is 0.760. The second kappa shape index (κ2) is 8.11. The van der Waals surface area contributed by atoms with Gasteiger partial charge in [0, 0.05) is 16.0 Å². The van der Waals surface area contributed by atoms with Crippen LogP contribution < -0.4 is 10.0 Å². The molecule has 24 heavy (non-hydrogen) atoms. The molecule has 0 fully saturated rings. The molecule has 8 heteroatoms. The summed E-state index contributed by atoms with van der Waals surface area (Å²) in [6.07, 6.45) is 0. The zero-order valence-corrected chi connectivity index (χ0v) is 16.0. The molecule has 1 amide bonds. The normalized spacial score (nSPS) is 12.6. The largest absolute Gasteiger partial charge is 0.351 e. The van der Waals surface area contributed by atoms with Crippen molar-refractivity contribution >= 4 is 43.5 Å². The molecule has 2 aromatic carbocycles. The molecule has 0 saturated heterocycles. The Morgan fingerprint density at radius 3 is 2.42 bits per heavy atom. The van der Waals surface area contributed by atoms with Gasteiger partial charge >= 0.3 is 0 Å². The monoisotopic (exact) mass is 430 g/mol. The SMILES string of the molecule is C[C@@H](NS(=O)(=O)c1ccc(Br)cc1)C(=O)NCc1ccccc1Cl. The third-order valence-corrected chi connectivity index (χ3v) is 5.71. The fourth-order valence-corrected chi connectivity index (χ4v) is 3.62. The van der Waals surface area contributed by atoms with Crippen LogP contribution in [0.1, 0.15) is 12.5 Å². The molecule has 0 aliphatic heterocycles. The van der Waals surface area contributed by atoms with Crippen molar-refractivity contribution in [1.29, 1.82) is 0 Å². The van der Waals surface area contributed by atoms with Crippen LogP contribution in [0.25, 0.3) is 0 Å². The topological polar surface area (TPSA) is 75.3 Å². The van der Waals surface area contributed by atoms with Crippen molar-refractivity contribution in [2.45, 2.75) is 24.4 Å². The summed E-state index contributed by atoms with van der Waals surface area (Å²) in [5, 5.41) is 3.21. The maximum Gasteiger partial charge on any atom is 0.241 e. The quantitative estimate of drug-likeness (QED) is 0.738. The standard InChI is InChI=1S/C16H16BrClN2O3S/c1-11(16(21)19-10-12-4-2-3-5-15(12)18)20-24(22,23)14-8-6-13(17)7-9-14/h2-9,11,20H,10H2,1H3,(H,19,21)/t11-/m1/s1. The van der Waals surface area contributed by atoms with E-state index < -0.39 is 22.0 Å². The predicted octanol–water partition coefficient (Wildman–Crippen LogP) is 3.09. The highest BCUT2D eigenvalue weighted by atomic mass is 79.9. The summed E-state index contributed by atoms with van der Waals surface area (Å²) in [6, 6.07) is 12.4. The molecule has 0 unspecified atom stereocenters. The van der Waals surface area contributed by atoms with Gasteiger partial charge in [0.25, 0.3) is 0 Å². The second-order valence-electron chi connectivity index (χ2n) is 5.11. The van der Waals surface area contributed by atoms with Crippen LogP contribution in [0.4, 0.5) is 0 Å². The molecule has 0 saturated carbocycles. The Morgan fingerprint density at radius 1 is 1.17 bits per heavy atom. The number of amides is 1. The lowest BCUT2D eigenvalue weighted by Gasteiger charge is -2.15. The molecule has 128 valence electrons. The van der Waals surface area contributed by atoms with Gasteiger partial charge in [0.05, 0.1) is 10.9 Å². The molecule has 2 aromatic rings. The van der Waals surface area contributed by atoms with E-state index in [0.717, 1.165) is 10.0 Å². The zero-order chi connectivity index (χ0) is 17.7. The van der Waals surface area contributed by atoms with E-state index in [1.54, 1.807) is 30.3 Å². The first-order chi connectivity index (χ1) is 11.3. The number of benzene rings is 2. The van der Waals surface area contributed by atoms with Gasteiger partial charge in [-0.3, -0.25) is 4.79 Å². The molecule has 0 radical (unpaired) electrons. The number of hydrogen-bond donors (Lipinski definition) is 2. The van der Waals surface area contributed by atoms with E-state index in [-0.39, 0.29) is 11.4 Å². The molecule has 5 nitrogen and oxygen atoms in total. The summed E-state index contributed by atoms with van der Waals surface area (Å²) in [4.78, 5) is 12.2. The smallest absolute Gasteiger partial charge is 0.241 e. The Balaban J connectivity index is 1.98. The highest BCUT2D eigenvalue weighted by molar-refractivity contribution is 9.10. The number of halogens is 2. The van der Waals surface area contributed by atoms with Crippen molar-refractivity contribution in [3.63, 3.8) is 0 Å². The Bertz CT molecular complexity index is 825. The maximum atomic E-state index is 12.3. The van der Waals surface area contributed by atoms with Crippen molar-refractivity contribution in [3.8, 4) is 0 Å². The van der Waals surface area contributed by atoms with Crippen molar-refractivity contribution in [2.75, 3.05) is 0 Å². The highest BCUT2D eigenvalue weighted by Gasteiger charge is 2.21. The number of hydrogen-bond acceptors (Lipinski definition) is 3. The average molecular weight is 432 g/mol. The molecular formula is C16H16BrClN2O3S.